The van der Waals surface area contributed by atoms with E-state index in [-0.39, 0.29) is 5.91 Å². The molecule has 35 heavy (non-hydrogen) atoms. The molecule has 2 aromatic heterocycles. The average molecular weight is 492 g/mol. The van der Waals surface area contributed by atoms with Gasteiger partial charge in [-0.25, -0.2) is 4.79 Å². The molecule has 0 radical (unpaired) electrons. The first-order valence-corrected chi connectivity index (χ1v) is 11.4. The van der Waals surface area contributed by atoms with Crippen molar-refractivity contribution < 1.29 is 27.9 Å². The van der Waals surface area contributed by atoms with Gasteiger partial charge in [0.1, 0.15) is 5.69 Å². The maximum atomic E-state index is 12.8. The van der Waals surface area contributed by atoms with Gasteiger partial charge in [0.25, 0.3) is 5.91 Å². The Morgan fingerprint density at radius 2 is 1.83 bits per heavy atom. The molecule has 1 aliphatic heterocycles. The highest BCUT2D eigenvalue weighted by Crippen LogP contribution is 2.38. The van der Waals surface area contributed by atoms with E-state index in [0.717, 1.165) is 66.9 Å². The van der Waals surface area contributed by atoms with Gasteiger partial charge in [0.05, 0.1) is 5.69 Å². The summed E-state index contributed by atoms with van der Waals surface area (Å²) in [5, 5.41) is 19.4. The lowest BCUT2D eigenvalue weighted by Gasteiger charge is -2.28. The molecule has 1 aromatic carbocycles. The molecule has 3 aromatic rings. The van der Waals surface area contributed by atoms with Crippen LogP contribution in [0.2, 0.25) is 0 Å². The second-order valence-corrected chi connectivity index (χ2v) is 9.70. The van der Waals surface area contributed by atoms with Crippen molar-refractivity contribution in [1.29, 1.82) is 0 Å². The Balaban J connectivity index is 0.000000364. The monoisotopic (exact) mass is 491 g/mol. The zero-order valence-electron chi connectivity index (χ0n) is 19.6. The van der Waals surface area contributed by atoms with Gasteiger partial charge in [0.15, 0.2) is 0 Å². The molecule has 2 aliphatic rings. The normalized spacial score (nSPS) is 17.5. The van der Waals surface area contributed by atoms with E-state index in [1.54, 1.807) is 0 Å². The summed E-state index contributed by atoms with van der Waals surface area (Å²) in [5.74, 6) is -2.65. The van der Waals surface area contributed by atoms with Crippen LogP contribution < -0.4 is 5.32 Å². The molecule has 0 atom stereocenters. The number of carbonyl (C=O) groups excluding carboxylic acids is 1. The van der Waals surface area contributed by atoms with Crippen LogP contribution in [0.1, 0.15) is 41.9 Å². The van der Waals surface area contributed by atoms with Crippen molar-refractivity contribution in [2.45, 2.75) is 39.3 Å². The largest absolute Gasteiger partial charge is 0.490 e. The summed E-state index contributed by atoms with van der Waals surface area (Å²) in [4.78, 5) is 27.1. The molecule has 8 nitrogen and oxygen atoms in total. The van der Waals surface area contributed by atoms with Crippen LogP contribution >= 0.6 is 0 Å². The molecule has 5 rings (SSSR count). The number of nitrogens with one attached hydrogen (secondary N) is 3. The maximum Gasteiger partial charge on any atom is 0.490 e. The summed E-state index contributed by atoms with van der Waals surface area (Å²) in [6.07, 6.45) is -1.81. The van der Waals surface area contributed by atoms with Crippen molar-refractivity contribution >= 4 is 22.8 Å². The van der Waals surface area contributed by atoms with E-state index in [1.807, 2.05) is 23.1 Å². The van der Waals surface area contributed by atoms with Crippen LogP contribution in [-0.4, -0.2) is 69.4 Å². The van der Waals surface area contributed by atoms with Gasteiger partial charge in [-0.15, -0.1) is 0 Å². The third-order valence-corrected chi connectivity index (χ3v) is 6.43. The topological polar surface area (TPSA) is 114 Å². The molecule has 188 valence electrons. The van der Waals surface area contributed by atoms with E-state index in [4.69, 9.17) is 9.90 Å². The molecule has 11 heteroatoms. The SMILES string of the molecule is CC1(C)CCc2c(-c3cc4ccc(C(=O)N5CCNCC5)cc4[nH]3)n[nH]c2C1.O=C(O)C(F)(F)F. The maximum absolute atomic E-state index is 12.8. The van der Waals surface area contributed by atoms with Crippen molar-refractivity contribution in [1.82, 2.24) is 25.4 Å². The van der Waals surface area contributed by atoms with Crippen molar-refractivity contribution in [3.8, 4) is 11.4 Å². The number of aromatic amines is 2. The van der Waals surface area contributed by atoms with E-state index in [2.05, 4.69) is 40.4 Å². The molecule has 1 aliphatic carbocycles. The summed E-state index contributed by atoms with van der Waals surface area (Å²) >= 11 is 0. The van der Waals surface area contributed by atoms with Gasteiger partial charge < -0.3 is 20.3 Å². The molecule has 3 heterocycles. The highest BCUT2D eigenvalue weighted by Gasteiger charge is 2.38. The standard InChI is InChI=1S/C22H27N5O.C2HF3O2/c1-22(2)6-5-16-19(13-22)25-26-20(16)18-11-14-3-4-15(12-17(14)24-18)21(28)27-9-7-23-8-10-27;3-2(4,5)1(6)7/h3-4,11-12,23-24H,5-10,13H2,1-2H3,(H,25,26);(H,6,7). The summed E-state index contributed by atoms with van der Waals surface area (Å²) in [7, 11) is 0. The van der Waals surface area contributed by atoms with Crippen LogP contribution in [0.25, 0.3) is 22.3 Å². The summed E-state index contributed by atoms with van der Waals surface area (Å²) < 4.78 is 31.7. The van der Waals surface area contributed by atoms with Gasteiger partial charge in [-0.1, -0.05) is 19.9 Å². The van der Waals surface area contributed by atoms with Gasteiger partial charge in [0, 0.05) is 53.9 Å². The number of aliphatic carboxylic acids is 1. The second kappa shape index (κ2) is 9.37. The number of piperazine rings is 1. The molecule has 0 unspecified atom stereocenters. The number of carbonyl (C=O) groups is 2. The van der Waals surface area contributed by atoms with E-state index in [1.165, 1.54) is 17.7 Å². The molecular weight excluding hydrogens is 463 g/mol. The Morgan fingerprint density at radius 1 is 1.14 bits per heavy atom. The molecule has 1 amide bonds. The number of nitrogens with zero attached hydrogens (tertiary/aromatic N) is 2. The highest BCUT2D eigenvalue weighted by atomic mass is 19.4. The Morgan fingerprint density at radius 3 is 2.49 bits per heavy atom. The Labute approximate surface area is 199 Å². The second-order valence-electron chi connectivity index (χ2n) is 9.70. The number of alkyl halides is 3. The molecule has 4 N–H and O–H groups in total. The molecule has 0 saturated carbocycles. The summed E-state index contributed by atoms with van der Waals surface area (Å²) in [6, 6.07) is 8.09. The smallest absolute Gasteiger partial charge is 0.475 e. The number of benzene rings is 1. The number of hydrogen-bond acceptors (Lipinski definition) is 4. The number of halogens is 3. The number of H-pyrrole nitrogens is 2. The lowest BCUT2D eigenvalue weighted by molar-refractivity contribution is -0.192. The lowest BCUT2D eigenvalue weighted by atomic mass is 9.76. The minimum atomic E-state index is -5.08. The van der Waals surface area contributed by atoms with Gasteiger partial charge in [-0.05, 0) is 42.9 Å². The molecule has 1 saturated heterocycles. The number of hydrogen-bond donors (Lipinski definition) is 4. The third kappa shape index (κ3) is 5.50. The fourth-order valence-electron chi connectivity index (χ4n) is 4.51. The van der Waals surface area contributed by atoms with Crippen LogP contribution in [0.4, 0.5) is 13.2 Å². The fraction of sp³-hybridized carbons (Fsp3) is 0.458. The summed E-state index contributed by atoms with van der Waals surface area (Å²) in [6.45, 7) is 7.89. The molecule has 0 bridgehead atoms. The number of amides is 1. The van der Waals surface area contributed by atoms with Crippen molar-refractivity contribution in [2.24, 2.45) is 5.41 Å². The van der Waals surface area contributed by atoms with Crippen molar-refractivity contribution in [2.75, 3.05) is 26.2 Å². The minimum Gasteiger partial charge on any atom is -0.475 e. The third-order valence-electron chi connectivity index (χ3n) is 6.43. The predicted molar refractivity (Wildman–Crippen MR) is 124 cm³/mol. The fourth-order valence-corrected chi connectivity index (χ4v) is 4.51. The first-order valence-electron chi connectivity index (χ1n) is 11.4. The Kier molecular flexibility index (Phi) is 6.63. The number of aromatic nitrogens is 3. The molecule has 1 fully saturated rings. The van der Waals surface area contributed by atoms with Gasteiger partial charge in [0.2, 0.25) is 0 Å². The number of carboxylic acid groups (broad SMARTS) is 1. The average Bonchev–Trinajstić information content (AvgIpc) is 3.41. The van der Waals surface area contributed by atoms with Crippen molar-refractivity contribution in [3.05, 3.63) is 41.1 Å². The van der Waals surface area contributed by atoms with Crippen LogP contribution in [0, 0.1) is 5.41 Å². The van der Waals surface area contributed by atoms with Gasteiger partial charge in [-0.3, -0.25) is 9.89 Å². The summed E-state index contributed by atoms with van der Waals surface area (Å²) in [5.41, 5.74) is 6.71. The first-order chi connectivity index (χ1) is 16.4. The van der Waals surface area contributed by atoms with Gasteiger partial charge >= 0.3 is 12.1 Å². The minimum absolute atomic E-state index is 0.110. The molecular formula is C24H28F3N5O3. The van der Waals surface area contributed by atoms with Crippen LogP contribution in [0.3, 0.4) is 0 Å². The predicted octanol–water partition coefficient (Wildman–Crippen LogP) is 3.75. The van der Waals surface area contributed by atoms with E-state index in [0.29, 0.717) is 5.41 Å². The van der Waals surface area contributed by atoms with Gasteiger partial charge in [-0.2, -0.15) is 18.3 Å². The van der Waals surface area contributed by atoms with Crippen molar-refractivity contribution in [3.63, 3.8) is 0 Å². The number of carboxylic acids is 1. The first kappa shape index (κ1) is 24.8. The lowest BCUT2D eigenvalue weighted by Crippen LogP contribution is -2.46. The van der Waals surface area contributed by atoms with Crippen LogP contribution in [-0.2, 0) is 17.6 Å². The number of rotatable bonds is 2. The highest BCUT2D eigenvalue weighted by molar-refractivity contribution is 5.99. The molecule has 0 spiro atoms. The van der Waals surface area contributed by atoms with Crippen LogP contribution in [0.15, 0.2) is 24.3 Å². The Bertz CT molecular complexity index is 1240. The van der Waals surface area contributed by atoms with Crippen LogP contribution in [0.5, 0.6) is 0 Å². The zero-order chi connectivity index (χ0) is 25.4. The zero-order valence-corrected chi connectivity index (χ0v) is 19.6. The number of fused-ring (bicyclic) bond motifs is 2. The van der Waals surface area contributed by atoms with E-state index < -0.39 is 12.1 Å². The Hall–Kier alpha value is -3.34. The van der Waals surface area contributed by atoms with E-state index in [9.17, 15) is 18.0 Å². The van der Waals surface area contributed by atoms with E-state index >= 15 is 0 Å². The quantitative estimate of drug-likeness (QED) is 0.436.